The zero-order chi connectivity index (χ0) is 11.4. The molecule has 0 saturated carbocycles. The van der Waals surface area contributed by atoms with Crippen LogP contribution in [0.3, 0.4) is 0 Å². The maximum atomic E-state index is 5.07. The van der Waals surface area contributed by atoms with Crippen molar-refractivity contribution in [2.24, 2.45) is 0 Å². The summed E-state index contributed by atoms with van der Waals surface area (Å²) in [5, 5.41) is 12.1. The van der Waals surface area contributed by atoms with Gasteiger partial charge in [0, 0.05) is 5.69 Å². The largest absolute Gasteiger partial charge is 0.497 e. The van der Waals surface area contributed by atoms with Crippen molar-refractivity contribution in [2.45, 2.75) is 0 Å². The zero-order valence-corrected chi connectivity index (χ0v) is 9.75. The lowest BCUT2D eigenvalue weighted by Gasteiger charge is -2.03. The van der Waals surface area contributed by atoms with Gasteiger partial charge in [0.25, 0.3) is 5.19 Å². The summed E-state index contributed by atoms with van der Waals surface area (Å²) in [6.07, 6.45) is 0. The molecule has 16 heavy (non-hydrogen) atoms. The predicted octanol–water partition coefficient (Wildman–Crippen LogP) is 2.30. The molecule has 0 fully saturated rings. The molecule has 84 valence electrons. The lowest BCUT2D eigenvalue weighted by atomic mass is 10.3. The van der Waals surface area contributed by atoms with Crippen molar-refractivity contribution in [3.05, 3.63) is 24.3 Å². The second-order valence-corrected chi connectivity index (χ2v) is 3.87. The second kappa shape index (κ2) is 4.80. The molecular weight excluding hydrogens is 226 g/mol. The Bertz CT molecular complexity index is 455. The Morgan fingerprint density at radius 1 is 1.06 bits per heavy atom. The number of nitrogens with one attached hydrogen (secondary N) is 1. The van der Waals surface area contributed by atoms with Crippen LogP contribution in [0.5, 0.6) is 10.9 Å². The van der Waals surface area contributed by atoms with Crippen molar-refractivity contribution in [1.82, 2.24) is 10.2 Å². The van der Waals surface area contributed by atoms with Crippen molar-refractivity contribution >= 4 is 22.2 Å². The molecule has 6 heteroatoms. The maximum absolute atomic E-state index is 5.07. The summed E-state index contributed by atoms with van der Waals surface area (Å²) in [4.78, 5) is 0. The maximum Gasteiger partial charge on any atom is 0.295 e. The van der Waals surface area contributed by atoms with Crippen molar-refractivity contribution < 1.29 is 9.47 Å². The summed E-state index contributed by atoms with van der Waals surface area (Å²) in [7, 11) is 3.20. The van der Waals surface area contributed by atoms with Crippen molar-refractivity contribution in [3.63, 3.8) is 0 Å². The highest BCUT2D eigenvalue weighted by molar-refractivity contribution is 7.17. The normalized spacial score (nSPS) is 9.88. The number of hydrogen-bond donors (Lipinski definition) is 1. The molecule has 0 aliphatic rings. The molecule has 0 radical (unpaired) electrons. The quantitative estimate of drug-likeness (QED) is 0.884. The Kier molecular flexibility index (Phi) is 3.21. The average molecular weight is 237 g/mol. The summed E-state index contributed by atoms with van der Waals surface area (Å²) in [5.41, 5.74) is 0.930. The van der Waals surface area contributed by atoms with Crippen LogP contribution in [0.2, 0.25) is 0 Å². The number of ether oxygens (including phenoxy) is 2. The van der Waals surface area contributed by atoms with Crippen LogP contribution in [-0.4, -0.2) is 24.4 Å². The molecule has 0 atom stereocenters. The van der Waals surface area contributed by atoms with Gasteiger partial charge in [-0.1, -0.05) is 5.10 Å². The number of nitrogens with zero attached hydrogens (tertiary/aromatic N) is 2. The minimum atomic E-state index is 0.538. The first-order valence-corrected chi connectivity index (χ1v) is 5.42. The molecular formula is C10H11N3O2S. The minimum Gasteiger partial charge on any atom is -0.497 e. The van der Waals surface area contributed by atoms with E-state index in [1.807, 2.05) is 24.3 Å². The third-order valence-corrected chi connectivity index (χ3v) is 2.72. The van der Waals surface area contributed by atoms with E-state index in [4.69, 9.17) is 9.47 Å². The highest BCUT2D eigenvalue weighted by Gasteiger charge is 2.03. The van der Waals surface area contributed by atoms with Gasteiger partial charge in [-0.3, -0.25) is 0 Å². The Balaban J connectivity index is 2.08. The van der Waals surface area contributed by atoms with Crippen LogP contribution >= 0.6 is 11.3 Å². The molecule has 0 aliphatic carbocycles. The second-order valence-electron chi connectivity index (χ2n) is 2.93. The fourth-order valence-electron chi connectivity index (χ4n) is 1.14. The number of hydrogen-bond acceptors (Lipinski definition) is 6. The molecule has 2 aromatic rings. The highest BCUT2D eigenvalue weighted by atomic mass is 32.1. The van der Waals surface area contributed by atoms with Crippen molar-refractivity contribution in [2.75, 3.05) is 19.5 Å². The lowest BCUT2D eigenvalue weighted by Crippen LogP contribution is -1.89. The average Bonchev–Trinajstić information content (AvgIpc) is 2.78. The first kappa shape index (κ1) is 10.7. The van der Waals surface area contributed by atoms with E-state index in [0.717, 1.165) is 11.4 Å². The summed E-state index contributed by atoms with van der Waals surface area (Å²) < 4.78 is 10.0. The van der Waals surface area contributed by atoms with Crippen LogP contribution in [0.25, 0.3) is 0 Å². The molecule has 1 heterocycles. The summed E-state index contributed by atoms with van der Waals surface area (Å²) in [5.74, 6) is 0.820. The van der Waals surface area contributed by atoms with Gasteiger partial charge < -0.3 is 14.8 Å². The Hall–Kier alpha value is -1.82. The van der Waals surface area contributed by atoms with Gasteiger partial charge in [-0.15, -0.1) is 5.10 Å². The molecule has 0 bridgehead atoms. The third-order valence-electron chi connectivity index (χ3n) is 1.92. The number of benzene rings is 1. The molecule has 0 saturated heterocycles. The predicted molar refractivity (Wildman–Crippen MR) is 62.7 cm³/mol. The molecule has 1 N–H and O–H groups in total. The fraction of sp³-hybridized carbons (Fsp3) is 0.200. The first-order chi connectivity index (χ1) is 7.81. The van der Waals surface area contributed by atoms with Crippen LogP contribution in [0, 0.1) is 0 Å². The monoisotopic (exact) mass is 237 g/mol. The molecule has 0 spiro atoms. The summed E-state index contributed by atoms with van der Waals surface area (Å²) in [6, 6.07) is 7.57. The zero-order valence-electron chi connectivity index (χ0n) is 8.93. The van der Waals surface area contributed by atoms with Gasteiger partial charge in [-0.2, -0.15) is 0 Å². The standard InChI is InChI=1S/C10H11N3O2S/c1-14-8-5-3-7(4-6-8)11-9-12-13-10(15-2)16-9/h3-6H,1-2H3,(H,11,12). The number of methoxy groups -OCH3 is 2. The SMILES string of the molecule is COc1ccc(Nc2nnc(OC)s2)cc1. The van der Waals surface area contributed by atoms with E-state index >= 15 is 0 Å². The van der Waals surface area contributed by atoms with Gasteiger partial charge in [-0.25, -0.2) is 0 Å². The van der Waals surface area contributed by atoms with Gasteiger partial charge in [0.15, 0.2) is 0 Å². The fourth-order valence-corrected chi connectivity index (χ4v) is 1.72. The Morgan fingerprint density at radius 3 is 2.38 bits per heavy atom. The van der Waals surface area contributed by atoms with E-state index in [2.05, 4.69) is 15.5 Å². The van der Waals surface area contributed by atoms with E-state index in [0.29, 0.717) is 10.3 Å². The topological polar surface area (TPSA) is 56.3 Å². The first-order valence-electron chi connectivity index (χ1n) is 4.60. The molecule has 2 rings (SSSR count). The smallest absolute Gasteiger partial charge is 0.295 e. The number of aromatic nitrogens is 2. The van der Waals surface area contributed by atoms with Crippen molar-refractivity contribution in [3.8, 4) is 10.9 Å². The molecule has 5 nitrogen and oxygen atoms in total. The van der Waals surface area contributed by atoms with Gasteiger partial charge in [-0.05, 0) is 35.6 Å². The van der Waals surface area contributed by atoms with Crippen LogP contribution < -0.4 is 14.8 Å². The number of anilines is 2. The highest BCUT2D eigenvalue weighted by Crippen LogP contribution is 2.25. The molecule has 1 aromatic heterocycles. The summed E-state index contributed by atoms with van der Waals surface area (Å²) in [6.45, 7) is 0. The molecule has 0 unspecified atom stereocenters. The van der Waals surface area contributed by atoms with Crippen molar-refractivity contribution in [1.29, 1.82) is 0 Å². The van der Waals surface area contributed by atoms with Gasteiger partial charge in [0.1, 0.15) is 5.75 Å². The van der Waals surface area contributed by atoms with E-state index in [1.165, 1.54) is 11.3 Å². The van der Waals surface area contributed by atoms with Gasteiger partial charge in [0.05, 0.1) is 14.2 Å². The van der Waals surface area contributed by atoms with Gasteiger partial charge in [0.2, 0.25) is 5.13 Å². The van der Waals surface area contributed by atoms with Crippen LogP contribution in [0.1, 0.15) is 0 Å². The van der Waals surface area contributed by atoms with E-state index < -0.39 is 0 Å². The Morgan fingerprint density at radius 2 is 1.81 bits per heavy atom. The number of rotatable bonds is 4. The van der Waals surface area contributed by atoms with Crippen LogP contribution in [0.4, 0.5) is 10.8 Å². The van der Waals surface area contributed by atoms with Gasteiger partial charge >= 0.3 is 0 Å². The lowest BCUT2D eigenvalue weighted by molar-refractivity contribution is 0.407. The molecule has 0 aliphatic heterocycles. The summed E-state index contributed by atoms with van der Waals surface area (Å²) >= 11 is 1.35. The van der Waals surface area contributed by atoms with E-state index in [-0.39, 0.29) is 0 Å². The third kappa shape index (κ3) is 2.40. The molecule has 1 aromatic carbocycles. The molecule has 0 amide bonds. The Labute approximate surface area is 97.0 Å². The minimum absolute atomic E-state index is 0.538. The van der Waals surface area contributed by atoms with Crippen LogP contribution in [-0.2, 0) is 0 Å². The van der Waals surface area contributed by atoms with E-state index in [9.17, 15) is 0 Å². The van der Waals surface area contributed by atoms with E-state index in [1.54, 1.807) is 14.2 Å². The van der Waals surface area contributed by atoms with Crippen LogP contribution in [0.15, 0.2) is 24.3 Å².